The number of hydrogen-bond donors (Lipinski definition) is 2. The molecule has 0 spiro atoms. The minimum absolute atomic E-state index is 0.242. The number of aliphatic hydroxyl groups is 1. The maximum absolute atomic E-state index is 13.5. The van der Waals surface area contributed by atoms with E-state index in [1.54, 1.807) is 12.1 Å². The van der Waals surface area contributed by atoms with Gasteiger partial charge < -0.3 is 10.8 Å². The van der Waals surface area contributed by atoms with Crippen LogP contribution in [0.15, 0.2) is 22.7 Å². The zero-order valence-corrected chi connectivity index (χ0v) is 9.74. The first-order valence-electron chi connectivity index (χ1n) is 4.99. The van der Waals surface area contributed by atoms with Crippen molar-refractivity contribution in [1.82, 2.24) is 0 Å². The molecule has 1 aromatic rings. The van der Waals surface area contributed by atoms with E-state index in [1.165, 1.54) is 6.07 Å². The van der Waals surface area contributed by atoms with Gasteiger partial charge in [-0.25, -0.2) is 4.39 Å². The molecule has 82 valence electrons. The van der Waals surface area contributed by atoms with Crippen LogP contribution >= 0.6 is 15.9 Å². The second-order valence-corrected chi connectivity index (χ2v) is 4.84. The highest BCUT2D eigenvalue weighted by atomic mass is 79.9. The van der Waals surface area contributed by atoms with Gasteiger partial charge in [0.2, 0.25) is 0 Å². The minimum atomic E-state index is -0.645. The summed E-state index contributed by atoms with van der Waals surface area (Å²) >= 11 is 3.25. The largest absolute Gasteiger partial charge is 0.391 e. The van der Waals surface area contributed by atoms with Gasteiger partial charge in [0, 0.05) is 10.0 Å². The molecule has 0 unspecified atom stereocenters. The average Bonchev–Trinajstić information content (AvgIpc) is 2.99. The topological polar surface area (TPSA) is 46.2 Å². The Hall–Kier alpha value is -0.450. The molecule has 0 heterocycles. The molecule has 0 saturated heterocycles. The number of nitrogens with two attached hydrogens (primary N) is 1. The second kappa shape index (κ2) is 4.20. The molecule has 3 N–H and O–H groups in total. The Balaban J connectivity index is 2.27. The van der Waals surface area contributed by atoms with Crippen molar-refractivity contribution < 1.29 is 9.50 Å². The van der Waals surface area contributed by atoms with Crippen LogP contribution in [0.3, 0.4) is 0 Å². The third kappa shape index (κ3) is 2.22. The molecule has 0 radical (unpaired) electrons. The zero-order valence-electron chi connectivity index (χ0n) is 8.16. The zero-order chi connectivity index (χ0) is 11.0. The summed E-state index contributed by atoms with van der Waals surface area (Å²) < 4.78 is 14.1. The van der Waals surface area contributed by atoms with Gasteiger partial charge in [-0.1, -0.05) is 22.0 Å². The molecule has 1 aromatic carbocycles. The van der Waals surface area contributed by atoms with Crippen molar-refractivity contribution in [3.8, 4) is 0 Å². The van der Waals surface area contributed by atoms with Crippen molar-refractivity contribution in [2.75, 3.05) is 0 Å². The van der Waals surface area contributed by atoms with Crippen LogP contribution in [0.2, 0.25) is 0 Å². The molecule has 15 heavy (non-hydrogen) atoms. The Labute approximate surface area is 96.4 Å². The molecule has 4 heteroatoms. The highest BCUT2D eigenvalue weighted by Gasteiger charge is 2.35. The number of halogens is 2. The van der Waals surface area contributed by atoms with Crippen LogP contribution in [0.4, 0.5) is 4.39 Å². The summed E-state index contributed by atoms with van der Waals surface area (Å²) in [5.41, 5.74) is 6.23. The molecule has 0 amide bonds. The molecule has 0 aromatic heterocycles. The number of benzene rings is 1. The van der Waals surface area contributed by atoms with Crippen LogP contribution in [0.5, 0.6) is 0 Å². The van der Waals surface area contributed by atoms with Crippen LogP contribution in [-0.4, -0.2) is 11.2 Å². The molecule has 2 atom stereocenters. The summed E-state index contributed by atoms with van der Waals surface area (Å²) in [7, 11) is 0. The lowest BCUT2D eigenvalue weighted by Crippen LogP contribution is -2.29. The number of aliphatic hydroxyl groups excluding tert-OH is 1. The van der Waals surface area contributed by atoms with Crippen LogP contribution < -0.4 is 5.73 Å². The van der Waals surface area contributed by atoms with Gasteiger partial charge in [0.25, 0.3) is 0 Å². The quantitative estimate of drug-likeness (QED) is 0.888. The fourth-order valence-electron chi connectivity index (χ4n) is 1.73. The highest BCUT2D eigenvalue weighted by molar-refractivity contribution is 9.10. The third-order valence-corrected chi connectivity index (χ3v) is 3.50. The van der Waals surface area contributed by atoms with Crippen molar-refractivity contribution in [3.63, 3.8) is 0 Å². The SMILES string of the molecule is N[C@@H](c1c(F)cccc1Br)[C@H](O)C1CC1. The lowest BCUT2D eigenvalue weighted by molar-refractivity contribution is 0.120. The minimum Gasteiger partial charge on any atom is -0.391 e. The van der Waals surface area contributed by atoms with E-state index < -0.39 is 12.1 Å². The maximum atomic E-state index is 13.5. The van der Waals surface area contributed by atoms with Gasteiger partial charge in [0.15, 0.2) is 0 Å². The van der Waals surface area contributed by atoms with Gasteiger partial charge in [0.05, 0.1) is 12.1 Å². The molecule has 2 nitrogen and oxygen atoms in total. The summed E-state index contributed by atoms with van der Waals surface area (Å²) in [6.07, 6.45) is 1.33. The van der Waals surface area contributed by atoms with Crippen LogP contribution in [0.25, 0.3) is 0 Å². The van der Waals surface area contributed by atoms with E-state index in [4.69, 9.17) is 5.73 Å². The summed E-state index contributed by atoms with van der Waals surface area (Å²) in [5, 5.41) is 9.85. The van der Waals surface area contributed by atoms with E-state index in [0.717, 1.165) is 12.8 Å². The molecule has 1 saturated carbocycles. The number of rotatable bonds is 3. The summed E-state index contributed by atoms with van der Waals surface area (Å²) in [6.45, 7) is 0. The normalized spacial score (nSPS) is 20.0. The van der Waals surface area contributed by atoms with Crippen molar-refractivity contribution in [2.45, 2.75) is 25.0 Å². The Morgan fingerprint density at radius 2 is 2.13 bits per heavy atom. The van der Waals surface area contributed by atoms with Crippen LogP contribution in [0.1, 0.15) is 24.4 Å². The van der Waals surface area contributed by atoms with E-state index in [1.807, 2.05) is 0 Å². The average molecular weight is 274 g/mol. The molecule has 1 aliphatic rings. The first-order chi connectivity index (χ1) is 7.11. The predicted octanol–water partition coefficient (Wildman–Crippen LogP) is 2.36. The van der Waals surface area contributed by atoms with Crippen LogP contribution in [-0.2, 0) is 0 Å². The van der Waals surface area contributed by atoms with Gasteiger partial charge in [0.1, 0.15) is 5.82 Å². The van der Waals surface area contributed by atoms with Crippen molar-refractivity contribution in [1.29, 1.82) is 0 Å². The number of hydrogen-bond acceptors (Lipinski definition) is 2. The molecular weight excluding hydrogens is 261 g/mol. The lowest BCUT2D eigenvalue weighted by atomic mass is 9.99. The van der Waals surface area contributed by atoms with E-state index in [0.29, 0.717) is 10.0 Å². The molecular formula is C11H13BrFNO. The standard InChI is InChI=1S/C11H13BrFNO/c12-7-2-1-3-8(13)9(7)10(14)11(15)6-4-5-6/h1-3,6,10-11,15H,4-5,14H2/t10-,11+/m0/s1. The van der Waals surface area contributed by atoms with Gasteiger partial charge in [-0.15, -0.1) is 0 Å². The monoisotopic (exact) mass is 273 g/mol. The van der Waals surface area contributed by atoms with Gasteiger partial charge in [-0.05, 0) is 30.9 Å². The highest BCUT2D eigenvalue weighted by Crippen LogP contribution is 2.39. The molecule has 1 aliphatic carbocycles. The maximum Gasteiger partial charge on any atom is 0.129 e. The van der Waals surface area contributed by atoms with Crippen molar-refractivity contribution in [3.05, 3.63) is 34.1 Å². The van der Waals surface area contributed by atoms with Gasteiger partial charge in [-0.3, -0.25) is 0 Å². The van der Waals surface area contributed by atoms with Gasteiger partial charge >= 0.3 is 0 Å². The summed E-state index contributed by atoms with van der Waals surface area (Å²) in [5.74, 6) is -0.122. The first kappa shape index (κ1) is 11.0. The van der Waals surface area contributed by atoms with E-state index >= 15 is 0 Å². The Morgan fingerprint density at radius 1 is 1.47 bits per heavy atom. The smallest absolute Gasteiger partial charge is 0.129 e. The fraction of sp³-hybridized carbons (Fsp3) is 0.455. The summed E-state index contributed by atoms with van der Waals surface area (Å²) in [4.78, 5) is 0. The molecule has 0 aliphatic heterocycles. The van der Waals surface area contributed by atoms with Crippen molar-refractivity contribution >= 4 is 15.9 Å². The predicted molar refractivity (Wildman–Crippen MR) is 59.8 cm³/mol. The van der Waals surface area contributed by atoms with Crippen molar-refractivity contribution in [2.24, 2.45) is 11.7 Å². The Morgan fingerprint density at radius 3 is 2.67 bits per heavy atom. The molecule has 1 fully saturated rings. The van der Waals surface area contributed by atoms with E-state index in [9.17, 15) is 9.50 Å². The van der Waals surface area contributed by atoms with E-state index in [2.05, 4.69) is 15.9 Å². The Kier molecular flexibility index (Phi) is 3.09. The van der Waals surface area contributed by atoms with E-state index in [-0.39, 0.29) is 11.7 Å². The molecule has 0 bridgehead atoms. The molecule has 2 rings (SSSR count). The van der Waals surface area contributed by atoms with Crippen LogP contribution in [0, 0.1) is 11.7 Å². The summed E-state index contributed by atoms with van der Waals surface area (Å²) in [6, 6.07) is 4.06. The third-order valence-electron chi connectivity index (χ3n) is 2.81. The first-order valence-corrected chi connectivity index (χ1v) is 5.78. The second-order valence-electron chi connectivity index (χ2n) is 3.99. The van der Waals surface area contributed by atoms with Gasteiger partial charge in [-0.2, -0.15) is 0 Å². The Bertz CT molecular complexity index is 347. The lowest BCUT2D eigenvalue weighted by Gasteiger charge is -2.20. The fourth-order valence-corrected chi connectivity index (χ4v) is 2.34.